The zero-order chi connectivity index (χ0) is 53.2. The van der Waals surface area contributed by atoms with Crippen LogP contribution < -0.4 is 11.1 Å². The Labute approximate surface area is 426 Å². The van der Waals surface area contributed by atoms with E-state index in [0.717, 1.165) is 27.9 Å². The van der Waals surface area contributed by atoms with Crippen molar-refractivity contribution in [3.63, 3.8) is 0 Å². The first kappa shape index (κ1) is 53.7. The Morgan fingerprint density at radius 3 is 1.54 bits per heavy atom. The Balaban J connectivity index is 0.000000225. The Morgan fingerprint density at radius 1 is 0.608 bits per heavy atom. The van der Waals surface area contributed by atoms with E-state index in [4.69, 9.17) is 19.2 Å². The van der Waals surface area contributed by atoms with Gasteiger partial charge in [-0.15, -0.1) is 0 Å². The van der Waals surface area contributed by atoms with Crippen LogP contribution in [0.2, 0.25) is 0 Å². The largest absolute Gasteiger partial charge is 0.460 e. The molecule has 1 N–H and O–H groups in total. The molecule has 15 heteroatoms. The van der Waals surface area contributed by atoms with E-state index < -0.39 is 11.2 Å². The van der Waals surface area contributed by atoms with Gasteiger partial charge in [-0.2, -0.15) is 0 Å². The smallest absolute Gasteiger partial charge is 0.306 e. The molecule has 384 valence electrons. The van der Waals surface area contributed by atoms with Crippen molar-refractivity contribution in [1.82, 2.24) is 14.3 Å². The van der Waals surface area contributed by atoms with Crippen molar-refractivity contribution in [3.05, 3.63) is 194 Å². The first-order valence-corrected chi connectivity index (χ1v) is 24.4. The normalized spacial score (nSPS) is 11.7. The summed E-state index contributed by atoms with van der Waals surface area (Å²) in [4.78, 5) is 51.2. The van der Waals surface area contributed by atoms with Crippen molar-refractivity contribution in [3.8, 4) is 22.6 Å². The van der Waals surface area contributed by atoms with Crippen LogP contribution in [0.4, 0.5) is 13.2 Å². The summed E-state index contributed by atoms with van der Waals surface area (Å²) in [6.07, 6.45) is 5.95. The zero-order valence-corrected chi connectivity index (χ0v) is 42.3. The number of hydrogen-bond donors (Lipinski definition) is 1. The molecule has 0 saturated carbocycles. The van der Waals surface area contributed by atoms with Crippen molar-refractivity contribution in [2.75, 3.05) is 0 Å². The van der Waals surface area contributed by atoms with Gasteiger partial charge in [0.05, 0.1) is 6.21 Å². The van der Waals surface area contributed by atoms with Crippen LogP contribution in [0.15, 0.2) is 147 Å². The van der Waals surface area contributed by atoms with Crippen molar-refractivity contribution in [2.24, 2.45) is 5.16 Å². The first-order valence-electron chi connectivity index (χ1n) is 24.4. The number of aryl methyl sites for hydroxylation is 2. The molecule has 0 aliphatic carbocycles. The SMILES string of the molecule is CC(C)(C)OC(=O)CCCCc1cc2cc(-c3cc(Cc4ccc(F)cc4)on3)ccc2c(=O)n1-c1ccc(F)cc1.CC(C)(C)OC(=O)CCCCc1cc2cc(/C=N/O)ccc2c(=O)n1-c1ccc(F)cc1. The molecule has 0 aliphatic rings. The minimum absolute atomic E-state index is 0.218. The number of rotatable bonds is 16. The number of fused-ring (bicyclic) bond motifs is 2. The van der Waals surface area contributed by atoms with Crippen LogP contribution in [0.25, 0.3) is 44.2 Å². The van der Waals surface area contributed by atoms with Gasteiger partial charge >= 0.3 is 11.9 Å². The second kappa shape index (κ2) is 23.6. The van der Waals surface area contributed by atoms with Crippen LogP contribution in [0.5, 0.6) is 0 Å². The van der Waals surface area contributed by atoms with Gasteiger partial charge in [0.25, 0.3) is 11.1 Å². The molecule has 0 atom stereocenters. The number of benzene rings is 5. The third kappa shape index (κ3) is 14.5. The minimum Gasteiger partial charge on any atom is -0.460 e. The number of esters is 2. The molecule has 3 heterocycles. The number of nitrogens with zero attached hydrogens (tertiary/aromatic N) is 4. The number of aromatic nitrogens is 3. The fourth-order valence-corrected chi connectivity index (χ4v) is 8.45. The highest BCUT2D eigenvalue weighted by molar-refractivity contribution is 5.90. The molecule has 0 radical (unpaired) electrons. The lowest BCUT2D eigenvalue weighted by Gasteiger charge is -2.19. The number of halogens is 3. The number of carbonyl (C=O) groups is 2. The number of hydrogen-bond acceptors (Lipinski definition) is 10. The second-order valence-corrected chi connectivity index (χ2v) is 20.0. The molecule has 0 fully saturated rings. The fourth-order valence-electron chi connectivity index (χ4n) is 8.45. The quantitative estimate of drug-likeness (QED) is 0.0327. The van der Waals surface area contributed by atoms with E-state index in [1.807, 2.05) is 71.9 Å². The van der Waals surface area contributed by atoms with Gasteiger partial charge in [0, 0.05) is 64.4 Å². The second-order valence-electron chi connectivity index (χ2n) is 20.0. The maximum atomic E-state index is 13.7. The van der Waals surface area contributed by atoms with E-state index in [1.165, 1.54) is 42.6 Å². The monoisotopic (exact) mass is 1010 g/mol. The lowest BCUT2D eigenvalue weighted by molar-refractivity contribution is -0.156. The van der Waals surface area contributed by atoms with Crippen molar-refractivity contribution < 1.29 is 42.0 Å². The summed E-state index contributed by atoms with van der Waals surface area (Å²) in [5.41, 5.74) is 4.10. The number of unbranched alkanes of at least 4 members (excludes halogenated alkanes) is 2. The topological polar surface area (TPSA) is 155 Å². The zero-order valence-electron chi connectivity index (χ0n) is 42.3. The maximum Gasteiger partial charge on any atom is 0.306 e. The molecule has 5 aromatic carbocycles. The van der Waals surface area contributed by atoms with Gasteiger partial charge < -0.3 is 19.2 Å². The van der Waals surface area contributed by atoms with E-state index >= 15 is 0 Å². The molecule has 3 aromatic heterocycles. The molecular weight excluding hydrogens is 950 g/mol. The number of carbonyl (C=O) groups excluding carboxylic acids is 2. The van der Waals surface area contributed by atoms with Crippen LogP contribution in [-0.4, -0.2) is 48.9 Å². The van der Waals surface area contributed by atoms with Gasteiger partial charge in [-0.1, -0.05) is 34.6 Å². The Bertz CT molecular complexity index is 3400. The highest BCUT2D eigenvalue weighted by atomic mass is 19.1. The summed E-state index contributed by atoms with van der Waals surface area (Å²) in [5, 5.41) is 18.5. The summed E-state index contributed by atoms with van der Waals surface area (Å²) in [6, 6.07) is 34.1. The molecule has 0 aliphatic heterocycles. The van der Waals surface area contributed by atoms with E-state index in [0.29, 0.717) is 95.9 Å². The van der Waals surface area contributed by atoms with E-state index in [2.05, 4.69) is 10.3 Å². The maximum absolute atomic E-state index is 13.7. The molecule has 0 saturated heterocycles. The van der Waals surface area contributed by atoms with Gasteiger partial charge in [0.15, 0.2) is 0 Å². The average Bonchev–Trinajstić information content (AvgIpc) is 3.81. The van der Waals surface area contributed by atoms with Gasteiger partial charge in [-0.05, 0) is 199 Å². The first-order chi connectivity index (χ1) is 35.2. The average molecular weight is 1010 g/mol. The summed E-state index contributed by atoms with van der Waals surface area (Å²) in [5.74, 6) is -0.937. The van der Waals surface area contributed by atoms with Gasteiger partial charge in [0.2, 0.25) is 0 Å². The Hall–Kier alpha value is -8.07. The van der Waals surface area contributed by atoms with Crippen LogP contribution in [-0.2, 0) is 38.3 Å². The van der Waals surface area contributed by atoms with E-state index in [9.17, 15) is 32.3 Å². The molecule has 12 nitrogen and oxygen atoms in total. The summed E-state index contributed by atoms with van der Waals surface area (Å²) < 4.78 is 59.9. The van der Waals surface area contributed by atoms with E-state index in [1.54, 1.807) is 69.8 Å². The molecule has 0 spiro atoms. The molecule has 0 unspecified atom stereocenters. The predicted molar refractivity (Wildman–Crippen MR) is 280 cm³/mol. The number of oxime groups is 1. The van der Waals surface area contributed by atoms with E-state index in [-0.39, 0.29) is 46.9 Å². The Morgan fingerprint density at radius 2 is 1.07 bits per heavy atom. The molecule has 8 rings (SSSR count). The van der Waals surface area contributed by atoms with Crippen LogP contribution in [0.1, 0.15) is 108 Å². The molecule has 74 heavy (non-hydrogen) atoms. The molecule has 0 amide bonds. The van der Waals surface area contributed by atoms with Crippen LogP contribution >= 0.6 is 0 Å². The molecule has 0 bridgehead atoms. The third-order valence-corrected chi connectivity index (χ3v) is 11.7. The van der Waals surface area contributed by atoms with Gasteiger partial charge in [-0.3, -0.25) is 28.3 Å². The molecular formula is C59H59F3N4O8. The summed E-state index contributed by atoms with van der Waals surface area (Å²) in [6.45, 7) is 11.0. The van der Waals surface area contributed by atoms with Gasteiger partial charge in [0.1, 0.15) is 40.1 Å². The fraction of sp³-hybridized carbons (Fsp3) is 0.288. The predicted octanol–water partition coefficient (Wildman–Crippen LogP) is 12.6. The highest BCUT2D eigenvalue weighted by Gasteiger charge is 2.19. The standard InChI is InChI=1S/C34H32F2N2O4.C25H27FN2O4/c1-34(2,3)41-32(39)7-5-4-6-28-20-24-19-23(31-21-29(42-37-31)18-22-8-11-25(35)12-9-22)10-17-30(24)33(40)38(28)27-15-13-26(36)14-16-27;1-25(2,3)32-23(29)7-5-4-6-21-15-18-14-17(16-27-31)8-13-22(18)24(30)28(21)20-11-9-19(26)10-12-20/h8-17,19-21H,4-7,18H2,1-3H3;8-16,31H,4-7H2,1-3H3/b;27-16+. The Kier molecular flexibility index (Phi) is 17.2. The lowest BCUT2D eigenvalue weighted by Crippen LogP contribution is -2.24. The summed E-state index contributed by atoms with van der Waals surface area (Å²) >= 11 is 0. The van der Waals surface area contributed by atoms with Crippen molar-refractivity contribution >= 4 is 39.7 Å². The highest BCUT2D eigenvalue weighted by Crippen LogP contribution is 2.27. The van der Waals surface area contributed by atoms with Crippen LogP contribution in [0.3, 0.4) is 0 Å². The van der Waals surface area contributed by atoms with Crippen LogP contribution in [0, 0.1) is 17.5 Å². The summed E-state index contributed by atoms with van der Waals surface area (Å²) in [7, 11) is 0. The lowest BCUT2D eigenvalue weighted by atomic mass is 10.0. The minimum atomic E-state index is -0.540. The molecule has 8 aromatic rings. The number of pyridine rings is 2. The van der Waals surface area contributed by atoms with Crippen molar-refractivity contribution in [2.45, 2.75) is 111 Å². The third-order valence-electron chi connectivity index (χ3n) is 11.7. The number of ether oxygens (including phenoxy) is 2. The van der Waals surface area contributed by atoms with Gasteiger partial charge in [-0.25, -0.2) is 13.2 Å². The van der Waals surface area contributed by atoms with Crippen molar-refractivity contribution in [1.29, 1.82) is 0 Å².